The first-order chi connectivity index (χ1) is 18.5. The molecule has 2 aromatic carbocycles. The van der Waals surface area contributed by atoms with E-state index < -0.39 is 79.6 Å². The molecule has 1 atom stereocenters. The Labute approximate surface area is 224 Å². The largest absolute Gasteiger partial charge is 0.389 e. The van der Waals surface area contributed by atoms with Crippen molar-refractivity contribution in [2.45, 2.75) is 57.5 Å². The predicted molar refractivity (Wildman–Crippen MR) is 131 cm³/mol. The number of para-hydroxylation sites is 1. The van der Waals surface area contributed by atoms with Gasteiger partial charge in [-0.1, -0.05) is 18.2 Å². The Balaban J connectivity index is 1.96. The van der Waals surface area contributed by atoms with Gasteiger partial charge in [0.2, 0.25) is 18.0 Å². The summed E-state index contributed by atoms with van der Waals surface area (Å²) in [6.45, 7) is 1.68. The molecule has 40 heavy (non-hydrogen) atoms. The Morgan fingerprint density at radius 2 is 1.52 bits per heavy atom. The number of carbonyl (C=O) groups excluding carboxylic acids is 3. The number of nitrogens with zero attached hydrogens (tertiary/aromatic N) is 1. The summed E-state index contributed by atoms with van der Waals surface area (Å²) in [5.74, 6) is -4.15. The highest BCUT2D eigenvalue weighted by Crippen LogP contribution is 2.40. The molecule has 0 aliphatic carbocycles. The number of nitrogens with one attached hydrogen (secondary N) is 2. The van der Waals surface area contributed by atoms with Crippen LogP contribution in [-0.2, 0) is 14.4 Å². The molecule has 0 unspecified atom stereocenters. The fourth-order valence-electron chi connectivity index (χ4n) is 4.32. The molecule has 0 saturated carbocycles. The number of carbonyl (C=O) groups is 3. The molecule has 0 spiro atoms. The van der Waals surface area contributed by atoms with Crippen LogP contribution in [0.2, 0.25) is 0 Å². The number of benzodiazepines with no additional fused rings is 1. The van der Waals surface area contributed by atoms with Crippen LogP contribution in [0.25, 0.3) is 0 Å². The van der Waals surface area contributed by atoms with Crippen molar-refractivity contribution in [1.82, 2.24) is 5.32 Å². The zero-order chi connectivity index (χ0) is 29.9. The average Bonchev–Trinajstić information content (AvgIpc) is 2.97. The molecular formula is C26H25F7N4O3. The summed E-state index contributed by atoms with van der Waals surface area (Å²) in [6, 6.07) is 10.0. The number of anilines is 1. The monoisotopic (exact) mass is 574 g/mol. The standard InChI is InChI=1S/C26H25F7N4O3/c1-14-3-2-4-17-19(14)37-22(39)21(36-20(17)15-5-7-16(27)8-6-15)35-18(38)13-24(23(34)40,9-11-25(28,29)30)10-12-26(31,32)33/h2-8,21H,9-13H2,1H3,(H2,34,40)(H,35,38)(H,37,39)/t21-/m0/s1. The molecular weight excluding hydrogens is 549 g/mol. The van der Waals surface area contributed by atoms with Crippen LogP contribution in [0.5, 0.6) is 0 Å². The Kier molecular flexibility index (Phi) is 8.90. The van der Waals surface area contributed by atoms with E-state index in [4.69, 9.17) is 5.73 Å². The molecule has 216 valence electrons. The van der Waals surface area contributed by atoms with Crippen molar-refractivity contribution >= 4 is 29.1 Å². The van der Waals surface area contributed by atoms with E-state index in [0.717, 1.165) is 12.1 Å². The Morgan fingerprint density at radius 1 is 0.950 bits per heavy atom. The van der Waals surface area contributed by atoms with Crippen molar-refractivity contribution in [3.05, 3.63) is 65.0 Å². The van der Waals surface area contributed by atoms with Crippen LogP contribution in [0.1, 0.15) is 48.8 Å². The Bertz CT molecular complexity index is 1290. The number of hydrogen-bond donors (Lipinski definition) is 3. The van der Waals surface area contributed by atoms with Gasteiger partial charge in [0.05, 0.1) is 16.8 Å². The number of fused-ring (bicyclic) bond motifs is 1. The van der Waals surface area contributed by atoms with Crippen molar-refractivity contribution < 1.29 is 45.1 Å². The first kappa shape index (κ1) is 30.6. The van der Waals surface area contributed by atoms with Gasteiger partial charge in [-0.2, -0.15) is 26.3 Å². The van der Waals surface area contributed by atoms with E-state index in [9.17, 15) is 45.1 Å². The third kappa shape index (κ3) is 7.79. The van der Waals surface area contributed by atoms with Gasteiger partial charge in [-0.15, -0.1) is 0 Å². The summed E-state index contributed by atoms with van der Waals surface area (Å²) in [5.41, 5.74) is 4.61. The first-order valence-corrected chi connectivity index (χ1v) is 12.0. The van der Waals surface area contributed by atoms with Gasteiger partial charge < -0.3 is 16.4 Å². The quantitative estimate of drug-likeness (QED) is 0.370. The third-order valence-electron chi connectivity index (χ3n) is 6.49. The van der Waals surface area contributed by atoms with Gasteiger partial charge in [0.1, 0.15) is 5.82 Å². The maximum Gasteiger partial charge on any atom is 0.389 e. The molecule has 7 nitrogen and oxygen atoms in total. The lowest BCUT2D eigenvalue weighted by Gasteiger charge is -2.31. The molecule has 0 bridgehead atoms. The molecule has 2 aromatic rings. The molecule has 1 aliphatic rings. The molecule has 1 heterocycles. The van der Waals surface area contributed by atoms with Gasteiger partial charge in [0, 0.05) is 30.4 Å². The van der Waals surface area contributed by atoms with Gasteiger partial charge in [0.25, 0.3) is 5.91 Å². The van der Waals surface area contributed by atoms with Crippen molar-refractivity contribution in [1.29, 1.82) is 0 Å². The zero-order valence-corrected chi connectivity index (χ0v) is 21.0. The number of aliphatic imine (C=N–C) groups is 1. The van der Waals surface area contributed by atoms with Crippen molar-refractivity contribution in [3.63, 3.8) is 0 Å². The molecule has 0 aromatic heterocycles. The van der Waals surface area contributed by atoms with Crippen LogP contribution >= 0.6 is 0 Å². The third-order valence-corrected chi connectivity index (χ3v) is 6.49. The fourth-order valence-corrected chi connectivity index (χ4v) is 4.32. The van der Waals surface area contributed by atoms with E-state index in [1.165, 1.54) is 12.1 Å². The molecule has 3 rings (SSSR count). The number of amides is 3. The maximum absolute atomic E-state index is 13.6. The molecule has 1 aliphatic heterocycles. The number of primary amides is 1. The lowest BCUT2D eigenvalue weighted by molar-refractivity contribution is -0.158. The predicted octanol–water partition coefficient (Wildman–Crippen LogP) is 4.91. The summed E-state index contributed by atoms with van der Waals surface area (Å²) in [7, 11) is 0. The van der Waals surface area contributed by atoms with Crippen LogP contribution < -0.4 is 16.4 Å². The van der Waals surface area contributed by atoms with E-state index in [1.807, 2.05) is 0 Å². The Hall–Kier alpha value is -3.97. The number of aryl methyl sites for hydroxylation is 1. The highest BCUT2D eigenvalue weighted by Gasteiger charge is 2.45. The van der Waals surface area contributed by atoms with E-state index in [0.29, 0.717) is 22.4 Å². The van der Waals surface area contributed by atoms with Crippen molar-refractivity contribution in [2.75, 3.05) is 5.32 Å². The number of hydrogen-bond acceptors (Lipinski definition) is 4. The summed E-state index contributed by atoms with van der Waals surface area (Å²) >= 11 is 0. The lowest BCUT2D eigenvalue weighted by Crippen LogP contribution is -2.47. The number of nitrogens with two attached hydrogens (primary N) is 1. The summed E-state index contributed by atoms with van der Waals surface area (Å²) in [5, 5.41) is 4.80. The van der Waals surface area contributed by atoms with E-state index in [2.05, 4.69) is 15.6 Å². The molecule has 3 amide bonds. The van der Waals surface area contributed by atoms with Crippen LogP contribution in [0.15, 0.2) is 47.5 Å². The summed E-state index contributed by atoms with van der Waals surface area (Å²) in [4.78, 5) is 42.5. The Morgan fingerprint density at radius 3 is 2.05 bits per heavy atom. The molecule has 14 heteroatoms. The highest BCUT2D eigenvalue weighted by atomic mass is 19.4. The lowest BCUT2D eigenvalue weighted by atomic mass is 9.75. The first-order valence-electron chi connectivity index (χ1n) is 12.0. The smallest absolute Gasteiger partial charge is 0.369 e. The number of halogens is 7. The van der Waals surface area contributed by atoms with Crippen LogP contribution in [-0.4, -0.2) is 42.0 Å². The van der Waals surface area contributed by atoms with Gasteiger partial charge >= 0.3 is 12.4 Å². The summed E-state index contributed by atoms with van der Waals surface area (Å²) < 4.78 is 91.3. The van der Waals surface area contributed by atoms with Gasteiger partial charge in [0.15, 0.2) is 0 Å². The maximum atomic E-state index is 13.6. The minimum absolute atomic E-state index is 0.151. The SMILES string of the molecule is Cc1cccc2c1NC(=O)[C@@H](NC(=O)CC(CCC(F)(F)F)(CCC(F)(F)F)C(N)=O)N=C2c1ccc(F)cc1. The second kappa shape index (κ2) is 11.6. The summed E-state index contributed by atoms with van der Waals surface area (Å²) in [6.07, 6.45) is -18.2. The topological polar surface area (TPSA) is 114 Å². The van der Waals surface area contributed by atoms with E-state index >= 15 is 0 Å². The van der Waals surface area contributed by atoms with E-state index in [1.54, 1.807) is 25.1 Å². The fraction of sp³-hybridized carbons (Fsp3) is 0.385. The molecule has 0 radical (unpaired) electrons. The van der Waals surface area contributed by atoms with Gasteiger partial charge in [-0.05, 0) is 49.6 Å². The minimum Gasteiger partial charge on any atom is -0.369 e. The number of benzene rings is 2. The second-order valence-electron chi connectivity index (χ2n) is 9.49. The minimum atomic E-state index is -4.84. The molecule has 0 saturated heterocycles. The number of rotatable bonds is 9. The van der Waals surface area contributed by atoms with Crippen molar-refractivity contribution in [2.24, 2.45) is 16.1 Å². The second-order valence-corrected chi connectivity index (χ2v) is 9.49. The van der Waals surface area contributed by atoms with Crippen LogP contribution in [0, 0.1) is 18.2 Å². The van der Waals surface area contributed by atoms with Crippen LogP contribution in [0.4, 0.5) is 36.4 Å². The van der Waals surface area contributed by atoms with Gasteiger partial charge in [-0.25, -0.2) is 9.38 Å². The van der Waals surface area contributed by atoms with E-state index in [-0.39, 0.29) is 5.71 Å². The molecule has 0 fully saturated rings. The molecule has 4 N–H and O–H groups in total. The van der Waals surface area contributed by atoms with Gasteiger partial charge in [-0.3, -0.25) is 14.4 Å². The van der Waals surface area contributed by atoms with Crippen LogP contribution in [0.3, 0.4) is 0 Å². The van der Waals surface area contributed by atoms with Crippen molar-refractivity contribution in [3.8, 4) is 0 Å². The number of alkyl halides is 6. The normalized spacial score (nSPS) is 15.9. The zero-order valence-electron chi connectivity index (χ0n) is 21.0. The highest BCUT2D eigenvalue weighted by molar-refractivity contribution is 6.20. The average molecular weight is 574 g/mol.